The maximum absolute atomic E-state index is 13.1. The molecule has 1 aliphatic rings. The number of thioether (sulfide) groups is 1. The van der Waals surface area contributed by atoms with Crippen LogP contribution in [0.5, 0.6) is 0 Å². The van der Waals surface area contributed by atoms with Gasteiger partial charge in [-0.05, 0) is 42.0 Å². The maximum Gasteiger partial charge on any atom is 0.296 e. The van der Waals surface area contributed by atoms with E-state index in [0.29, 0.717) is 10.1 Å². The molecule has 5 rings (SSSR count). The van der Waals surface area contributed by atoms with Gasteiger partial charge in [0, 0.05) is 5.75 Å². The third-order valence-corrected chi connectivity index (χ3v) is 7.01. The van der Waals surface area contributed by atoms with Gasteiger partial charge in [0.25, 0.3) is 5.91 Å². The summed E-state index contributed by atoms with van der Waals surface area (Å²) in [7, 11) is 0. The lowest BCUT2D eigenvalue weighted by atomic mass is 10.00. The van der Waals surface area contributed by atoms with Crippen LogP contribution in [0, 0.1) is 5.82 Å². The summed E-state index contributed by atoms with van der Waals surface area (Å²) in [6.07, 6.45) is 2.74. The summed E-state index contributed by atoms with van der Waals surface area (Å²) in [6, 6.07) is 11.3. The Morgan fingerprint density at radius 1 is 1.12 bits per heavy atom. The quantitative estimate of drug-likeness (QED) is 0.224. The molecule has 1 aliphatic heterocycles. The first-order valence-electron chi connectivity index (χ1n) is 9.62. The second kappa shape index (κ2) is 8.68. The molecule has 0 saturated heterocycles. The Labute approximate surface area is 194 Å². The minimum absolute atomic E-state index is 0.0180. The van der Waals surface area contributed by atoms with Gasteiger partial charge in [-0.1, -0.05) is 35.2 Å². The van der Waals surface area contributed by atoms with Crippen LogP contribution in [0.1, 0.15) is 27.9 Å². The predicted molar refractivity (Wildman–Crippen MR) is 117 cm³/mol. The molecule has 0 unspecified atom stereocenters. The standard InChI is InChI=1S/C22H14FN3O5S2/c23-13-7-5-12(6-8-13)11-32-22-25-24-21(33-22)26-17(14-3-1-9-30-14)16(19(28)20(26)29)18(27)15-4-2-10-31-15/h1-10,17,28H,11H2/t17-/m0/s1. The van der Waals surface area contributed by atoms with Crippen LogP contribution in [0.3, 0.4) is 0 Å². The number of aliphatic hydroxyl groups excluding tert-OH is 1. The van der Waals surface area contributed by atoms with Crippen molar-refractivity contribution in [3.05, 3.63) is 95.3 Å². The molecule has 4 heterocycles. The van der Waals surface area contributed by atoms with Gasteiger partial charge in [0.1, 0.15) is 17.6 Å². The lowest BCUT2D eigenvalue weighted by Crippen LogP contribution is -2.30. The number of anilines is 1. The highest BCUT2D eigenvalue weighted by atomic mass is 32.2. The van der Waals surface area contributed by atoms with Crippen LogP contribution in [0.15, 0.2) is 85.6 Å². The first-order chi connectivity index (χ1) is 16.0. The van der Waals surface area contributed by atoms with Crippen molar-refractivity contribution in [2.45, 2.75) is 16.1 Å². The third-order valence-electron chi connectivity index (χ3n) is 4.89. The number of hydrogen-bond acceptors (Lipinski definition) is 9. The molecule has 0 saturated carbocycles. The first-order valence-corrected chi connectivity index (χ1v) is 11.4. The van der Waals surface area contributed by atoms with Gasteiger partial charge in [-0.25, -0.2) is 4.39 Å². The van der Waals surface area contributed by atoms with Crippen molar-refractivity contribution in [1.29, 1.82) is 0 Å². The van der Waals surface area contributed by atoms with Crippen LogP contribution in [0.2, 0.25) is 0 Å². The number of aliphatic hydroxyl groups is 1. The monoisotopic (exact) mass is 483 g/mol. The molecule has 8 nitrogen and oxygen atoms in total. The van der Waals surface area contributed by atoms with E-state index in [0.717, 1.165) is 16.9 Å². The van der Waals surface area contributed by atoms with Crippen LogP contribution in [0.4, 0.5) is 9.52 Å². The number of rotatable bonds is 7. The zero-order valence-electron chi connectivity index (χ0n) is 16.7. The van der Waals surface area contributed by atoms with E-state index in [1.54, 1.807) is 24.3 Å². The van der Waals surface area contributed by atoms with Gasteiger partial charge in [0.2, 0.25) is 10.9 Å². The van der Waals surface area contributed by atoms with Crippen molar-refractivity contribution in [3.63, 3.8) is 0 Å². The smallest absolute Gasteiger partial charge is 0.296 e. The van der Waals surface area contributed by atoms with Gasteiger partial charge in [-0.2, -0.15) is 0 Å². The van der Waals surface area contributed by atoms with Gasteiger partial charge in [0.05, 0.1) is 18.1 Å². The van der Waals surface area contributed by atoms with Crippen molar-refractivity contribution < 1.29 is 27.9 Å². The molecule has 4 aromatic rings. The molecule has 0 fully saturated rings. The van der Waals surface area contributed by atoms with E-state index in [-0.39, 0.29) is 28.0 Å². The number of nitrogens with zero attached hydrogens (tertiary/aromatic N) is 3. The van der Waals surface area contributed by atoms with Gasteiger partial charge in [-0.15, -0.1) is 10.2 Å². The van der Waals surface area contributed by atoms with Crippen LogP contribution in [-0.2, 0) is 10.5 Å². The largest absolute Gasteiger partial charge is 0.503 e. The van der Waals surface area contributed by atoms with E-state index in [1.165, 1.54) is 53.5 Å². The zero-order valence-corrected chi connectivity index (χ0v) is 18.3. The Hall–Kier alpha value is -3.70. The van der Waals surface area contributed by atoms with Gasteiger partial charge in [0.15, 0.2) is 15.9 Å². The molecule has 0 aliphatic carbocycles. The number of carbonyl (C=O) groups excluding carboxylic acids is 2. The molecule has 33 heavy (non-hydrogen) atoms. The van der Waals surface area contributed by atoms with Gasteiger partial charge >= 0.3 is 0 Å². The number of amides is 1. The lowest BCUT2D eigenvalue weighted by molar-refractivity contribution is -0.117. The van der Waals surface area contributed by atoms with Crippen molar-refractivity contribution in [3.8, 4) is 0 Å². The molecule has 1 aromatic carbocycles. The average Bonchev–Trinajstić information content (AvgIpc) is 3.62. The Morgan fingerprint density at radius 3 is 2.58 bits per heavy atom. The van der Waals surface area contributed by atoms with Crippen molar-refractivity contribution in [2.75, 3.05) is 4.90 Å². The minimum Gasteiger partial charge on any atom is -0.503 e. The molecule has 11 heteroatoms. The molecule has 1 atom stereocenters. The molecule has 166 valence electrons. The van der Waals surface area contributed by atoms with E-state index < -0.39 is 23.5 Å². The second-order valence-electron chi connectivity index (χ2n) is 6.93. The number of halogens is 1. The number of carbonyl (C=O) groups is 2. The topological polar surface area (TPSA) is 110 Å². The highest BCUT2D eigenvalue weighted by molar-refractivity contribution is 8.00. The fourth-order valence-electron chi connectivity index (χ4n) is 3.37. The van der Waals surface area contributed by atoms with Crippen LogP contribution < -0.4 is 4.90 Å². The summed E-state index contributed by atoms with van der Waals surface area (Å²) >= 11 is 2.50. The molecule has 1 N–H and O–H groups in total. The summed E-state index contributed by atoms with van der Waals surface area (Å²) in [5, 5.41) is 19.0. The number of furan rings is 2. The first kappa shape index (κ1) is 21.2. The molecular formula is C22H14FN3O5S2. The van der Waals surface area contributed by atoms with Crippen LogP contribution in [0.25, 0.3) is 0 Å². The predicted octanol–water partition coefficient (Wildman–Crippen LogP) is 4.94. The number of Topliss-reactive ketones (excluding diaryl/α,β-unsaturated/α-hetero) is 1. The summed E-state index contributed by atoms with van der Waals surface area (Å²) in [6.45, 7) is 0. The fourth-order valence-corrected chi connectivity index (χ4v) is 5.20. The minimum atomic E-state index is -1.03. The Kier molecular flexibility index (Phi) is 5.56. The van der Waals surface area contributed by atoms with Crippen molar-refractivity contribution >= 4 is 39.9 Å². The molecular weight excluding hydrogens is 469 g/mol. The second-order valence-corrected chi connectivity index (χ2v) is 9.11. The summed E-state index contributed by atoms with van der Waals surface area (Å²) < 4.78 is 24.3. The fraction of sp³-hybridized carbons (Fsp3) is 0.0909. The zero-order chi connectivity index (χ0) is 22.9. The summed E-state index contributed by atoms with van der Waals surface area (Å²) in [5.74, 6) is -1.66. The SMILES string of the molecule is O=C(C1=C(O)C(=O)N(c2nnc(SCc3ccc(F)cc3)s2)[C@H]1c1ccco1)c1ccco1. The maximum atomic E-state index is 13.1. The van der Waals surface area contributed by atoms with Gasteiger partial charge in [-0.3, -0.25) is 14.5 Å². The van der Waals surface area contributed by atoms with Crippen LogP contribution in [-0.4, -0.2) is 27.0 Å². The Balaban J connectivity index is 1.44. The van der Waals surface area contributed by atoms with E-state index in [4.69, 9.17) is 8.83 Å². The van der Waals surface area contributed by atoms with E-state index in [1.807, 2.05) is 0 Å². The van der Waals surface area contributed by atoms with Crippen LogP contribution >= 0.6 is 23.1 Å². The lowest BCUT2D eigenvalue weighted by Gasteiger charge is -2.21. The van der Waals surface area contributed by atoms with E-state index >= 15 is 0 Å². The number of ketones is 1. The molecule has 0 radical (unpaired) electrons. The van der Waals surface area contributed by atoms with E-state index in [2.05, 4.69) is 10.2 Å². The normalized spacial score (nSPS) is 16.1. The molecule has 1 amide bonds. The number of hydrogen-bond donors (Lipinski definition) is 1. The van der Waals surface area contributed by atoms with Gasteiger partial charge < -0.3 is 13.9 Å². The highest BCUT2D eigenvalue weighted by Gasteiger charge is 2.48. The molecule has 0 spiro atoms. The average molecular weight is 484 g/mol. The summed E-state index contributed by atoms with van der Waals surface area (Å²) in [5.41, 5.74) is 0.732. The number of aromatic nitrogens is 2. The van der Waals surface area contributed by atoms with Crippen molar-refractivity contribution in [2.24, 2.45) is 0 Å². The Bertz CT molecular complexity index is 1330. The third kappa shape index (κ3) is 3.96. The number of benzene rings is 1. The molecule has 3 aromatic heterocycles. The highest BCUT2D eigenvalue weighted by Crippen LogP contribution is 2.44. The van der Waals surface area contributed by atoms with Crippen molar-refractivity contribution in [1.82, 2.24) is 10.2 Å². The summed E-state index contributed by atoms with van der Waals surface area (Å²) in [4.78, 5) is 27.2. The molecule has 0 bridgehead atoms. The van der Waals surface area contributed by atoms with E-state index in [9.17, 15) is 19.1 Å². The Morgan fingerprint density at radius 2 is 1.88 bits per heavy atom.